The molecule has 0 heterocycles. The number of ether oxygens (including phenoxy) is 3. The first-order valence-corrected chi connectivity index (χ1v) is 11.1. The molecule has 32 heavy (non-hydrogen) atoms. The minimum absolute atomic E-state index is 0.0457. The van der Waals surface area contributed by atoms with E-state index in [4.69, 9.17) is 14.2 Å². The largest absolute Gasteiger partial charge is 0.495 e. The molecule has 0 unspecified atom stereocenters. The minimum Gasteiger partial charge on any atom is -0.495 e. The van der Waals surface area contributed by atoms with Crippen molar-refractivity contribution in [1.82, 2.24) is 0 Å². The van der Waals surface area contributed by atoms with Crippen molar-refractivity contribution in [1.29, 1.82) is 0 Å². The summed E-state index contributed by atoms with van der Waals surface area (Å²) in [6.07, 6.45) is 0. The second kappa shape index (κ2) is 10.1. The Bertz CT molecular complexity index is 1190. The molecule has 9 heteroatoms. The van der Waals surface area contributed by atoms with E-state index >= 15 is 0 Å². The first-order chi connectivity index (χ1) is 15.3. The molecule has 3 aromatic rings. The number of anilines is 2. The predicted octanol–water partition coefficient (Wildman–Crippen LogP) is 3.83. The molecule has 0 saturated carbocycles. The number of sulfonamides is 1. The number of carbonyl (C=O) groups is 1. The smallest absolute Gasteiger partial charge is 0.262 e. The van der Waals surface area contributed by atoms with Crippen LogP contribution in [0.15, 0.2) is 71.6 Å². The quantitative estimate of drug-likeness (QED) is 0.507. The first kappa shape index (κ1) is 23.0. The highest BCUT2D eigenvalue weighted by atomic mass is 32.2. The Morgan fingerprint density at radius 3 is 2.19 bits per heavy atom. The van der Waals surface area contributed by atoms with Gasteiger partial charge in [0.15, 0.2) is 18.1 Å². The van der Waals surface area contributed by atoms with Crippen molar-refractivity contribution in [2.75, 3.05) is 30.9 Å². The van der Waals surface area contributed by atoms with Crippen molar-refractivity contribution < 1.29 is 27.4 Å². The summed E-state index contributed by atoms with van der Waals surface area (Å²) < 4.78 is 43.9. The molecular weight excluding hydrogens is 432 g/mol. The van der Waals surface area contributed by atoms with Gasteiger partial charge in [0.1, 0.15) is 5.75 Å². The molecule has 0 radical (unpaired) electrons. The number of carbonyl (C=O) groups excluding carboxylic acids is 1. The van der Waals surface area contributed by atoms with Gasteiger partial charge in [-0.3, -0.25) is 9.52 Å². The summed E-state index contributed by atoms with van der Waals surface area (Å²) in [4.78, 5) is 12.2. The molecule has 0 aliphatic rings. The maximum absolute atomic E-state index is 12.7. The van der Waals surface area contributed by atoms with E-state index in [0.717, 1.165) is 5.56 Å². The van der Waals surface area contributed by atoms with Crippen molar-refractivity contribution in [3.63, 3.8) is 0 Å². The van der Waals surface area contributed by atoms with Crippen molar-refractivity contribution in [2.45, 2.75) is 11.8 Å². The molecular formula is C23H24N2O6S. The number of hydrogen-bond acceptors (Lipinski definition) is 6. The Kier molecular flexibility index (Phi) is 7.21. The summed E-state index contributed by atoms with van der Waals surface area (Å²) in [7, 11) is -0.858. The molecule has 0 aliphatic heterocycles. The third kappa shape index (κ3) is 5.70. The normalized spacial score (nSPS) is 10.8. The van der Waals surface area contributed by atoms with Gasteiger partial charge in [-0.2, -0.15) is 0 Å². The van der Waals surface area contributed by atoms with Crippen molar-refractivity contribution >= 4 is 27.3 Å². The van der Waals surface area contributed by atoms with E-state index in [0.29, 0.717) is 28.6 Å². The van der Waals surface area contributed by atoms with Crippen LogP contribution in [0, 0.1) is 6.92 Å². The Labute approximate surface area is 187 Å². The minimum atomic E-state index is -3.84. The summed E-state index contributed by atoms with van der Waals surface area (Å²) in [5, 5.41) is 2.66. The van der Waals surface area contributed by atoms with Gasteiger partial charge < -0.3 is 19.5 Å². The number of amides is 1. The monoisotopic (exact) mass is 456 g/mol. The number of nitrogens with one attached hydrogen (secondary N) is 2. The summed E-state index contributed by atoms with van der Waals surface area (Å²) in [6, 6.07) is 18.0. The Morgan fingerprint density at radius 1 is 0.875 bits per heavy atom. The van der Waals surface area contributed by atoms with E-state index in [9.17, 15) is 13.2 Å². The molecule has 1 amide bonds. The first-order valence-electron chi connectivity index (χ1n) is 9.65. The summed E-state index contributed by atoms with van der Waals surface area (Å²) in [6.45, 7) is 1.63. The Hall–Kier alpha value is -3.72. The van der Waals surface area contributed by atoms with E-state index in [-0.39, 0.29) is 11.5 Å². The van der Waals surface area contributed by atoms with Crippen molar-refractivity contribution in [2.24, 2.45) is 0 Å². The SMILES string of the molecule is COc1ccc(C)cc1NS(=O)(=O)c1ccc(NC(=O)COc2ccccc2OC)cc1. The van der Waals surface area contributed by atoms with E-state index in [1.165, 1.54) is 38.5 Å². The van der Waals surface area contributed by atoms with Crippen LogP contribution in [0.2, 0.25) is 0 Å². The molecule has 0 bridgehead atoms. The fraction of sp³-hybridized carbons (Fsp3) is 0.174. The lowest BCUT2D eigenvalue weighted by Crippen LogP contribution is -2.20. The summed E-state index contributed by atoms with van der Waals surface area (Å²) in [5.74, 6) is 0.990. The number of aryl methyl sites for hydroxylation is 1. The second-order valence-corrected chi connectivity index (χ2v) is 8.50. The maximum atomic E-state index is 12.7. The molecule has 3 rings (SSSR count). The molecule has 0 aliphatic carbocycles. The standard InChI is InChI=1S/C23H24N2O6S/c1-16-8-13-20(29-2)19(14-16)25-32(27,28)18-11-9-17(10-12-18)24-23(26)15-31-22-7-5-4-6-21(22)30-3/h4-14,25H,15H2,1-3H3,(H,24,26). The molecule has 168 valence electrons. The zero-order valence-corrected chi connectivity index (χ0v) is 18.7. The Balaban J connectivity index is 1.64. The lowest BCUT2D eigenvalue weighted by atomic mass is 10.2. The van der Waals surface area contributed by atoms with Crippen LogP contribution in [0.25, 0.3) is 0 Å². The Morgan fingerprint density at radius 2 is 1.53 bits per heavy atom. The number of rotatable bonds is 9. The molecule has 3 aromatic carbocycles. The van der Waals surface area contributed by atoms with Crippen LogP contribution in [0.3, 0.4) is 0 Å². The number of benzene rings is 3. The lowest BCUT2D eigenvalue weighted by Gasteiger charge is -2.13. The highest BCUT2D eigenvalue weighted by molar-refractivity contribution is 7.92. The van der Waals surface area contributed by atoms with E-state index in [1.54, 1.807) is 36.4 Å². The van der Waals surface area contributed by atoms with Gasteiger partial charge in [0.25, 0.3) is 15.9 Å². The van der Waals surface area contributed by atoms with Gasteiger partial charge in [0.05, 0.1) is 24.8 Å². The van der Waals surface area contributed by atoms with Crippen LogP contribution in [0.4, 0.5) is 11.4 Å². The lowest BCUT2D eigenvalue weighted by molar-refractivity contribution is -0.118. The fourth-order valence-electron chi connectivity index (χ4n) is 2.90. The third-order valence-electron chi connectivity index (χ3n) is 4.48. The van der Waals surface area contributed by atoms with Gasteiger partial charge in [0.2, 0.25) is 0 Å². The van der Waals surface area contributed by atoms with Gasteiger partial charge >= 0.3 is 0 Å². The molecule has 2 N–H and O–H groups in total. The van der Waals surface area contributed by atoms with Gasteiger partial charge in [0, 0.05) is 5.69 Å². The van der Waals surface area contributed by atoms with Gasteiger partial charge in [-0.1, -0.05) is 18.2 Å². The van der Waals surface area contributed by atoms with E-state index < -0.39 is 15.9 Å². The third-order valence-corrected chi connectivity index (χ3v) is 5.86. The average Bonchev–Trinajstić information content (AvgIpc) is 2.78. The van der Waals surface area contributed by atoms with Gasteiger partial charge in [-0.25, -0.2) is 8.42 Å². The average molecular weight is 457 g/mol. The second-order valence-electron chi connectivity index (χ2n) is 6.82. The van der Waals surface area contributed by atoms with Crippen LogP contribution >= 0.6 is 0 Å². The zero-order chi connectivity index (χ0) is 23.1. The zero-order valence-electron chi connectivity index (χ0n) is 17.9. The van der Waals surface area contributed by atoms with Crippen molar-refractivity contribution in [3.05, 3.63) is 72.3 Å². The van der Waals surface area contributed by atoms with Crippen LogP contribution in [-0.2, 0) is 14.8 Å². The van der Waals surface area contributed by atoms with E-state index in [2.05, 4.69) is 10.0 Å². The van der Waals surface area contributed by atoms with Crippen molar-refractivity contribution in [3.8, 4) is 17.2 Å². The molecule has 0 fully saturated rings. The maximum Gasteiger partial charge on any atom is 0.262 e. The van der Waals surface area contributed by atoms with Crippen LogP contribution in [-0.4, -0.2) is 35.2 Å². The number of hydrogen-bond donors (Lipinski definition) is 2. The van der Waals surface area contributed by atoms with E-state index in [1.807, 2.05) is 13.0 Å². The van der Waals surface area contributed by atoms with Crippen LogP contribution in [0.5, 0.6) is 17.2 Å². The molecule has 0 aromatic heterocycles. The topological polar surface area (TPSA) is 103 Å². The molecule has 8 nitrogen and oxygen atoms in total. The van der Waals surface area contributed by atoms with Crippen LogP contribution < -0.4 is 24.2 Å². The highest BCUT2D eigenvalue weighted by Crippen LogP contribution is 2.28. The molecule has 0 saturated heterocycles. The predicted molar refractivity (Wildman–Crippen MR) is 122 cm³/mol. The highest BCUT2D eigenvalue weighted by Gasteiger charge is 2.17. The summed E-state index contributed by atoms with van der Waals surface area (Å²) >= 11 is 0. The van der Waals surface area contributed by atoms with Gasteiger partial charge in [-0.05, 0) is 61.0 Å². The summed E-state index contributed by atoms with van der Waals surface area (Å²) in [5.41, 5.74) is 1.67. The van der Waals surface area contributed by atoms with Crippen LogP contribution in [0.1, 0.15) is 5.56 Å². The molecule has 0 atom stereocenters. The number of methoxy groups -OCH3 is 2. The van der Waals surface area contributed by atoms with Gasteiger partial charge in [-0.15, -0.1) is 0 Å². The number of para-hydroxylation sites is 2. The molecule has 0 spiro atoms. The fourth-order valence-corrected chi connectivity index (χ4v) is 3.96.